The van der Waals surface area contributed by atoms with Gasteiger partial charge in [-0.1, -0.05) is 5.11 Å². The smallest absolute Gasteiger partial charge is 0.414 e. The minimum atomic E-state index is -0.634. The van der Waals surface area contributed by atoms with E-state index in [1.54, 1.807) is 37.8 Å². The number of amides is 2. The number of cyclic esters (lactones) is 1. The van der Waals surface area contributed by atoms with Gasteiger partial charge in [0.25, 0.3) is 0 Å². The maximum Gasteiger partial charge on any atom is 0.414 e. The molecule has 0 spiro atoms. The molecule has 0 saturated carbocycles. The molecule has 1 saturated heterocycles. The summed E-state index contributed by atoms with van der Waals surface area (Å²) in [5.74, 6) is -0.547. The maximum atomic E-state index is 14.9. The number of alkyl carbamates (subject to hydrolysis) is 1. The van der Waals surface area contributed by atoms with E-state index in [2.05, 4.69) is 15.3 Å². The molecule has 0 unspecified atom stereocenters. The Kier molecular flexibility index (Phi) is 8.29. The summed E-state index contributed by atoms with van der Waals surface area (Å²) in [6, 6.07) is 4.37. The number of rotatable bonds is 9. The number of hydrogen-bond acceptors (Lipinski definition) is 7. The molecule has 3 N–H and O–H groups in total. The first-order chi connectivity index (χ1) is 14.6. The van der Waals surface area contributed by atoms with Crippen LogP contribution in [0.2, 0.25) is 0 Å². The summed E-state index contributed by atoms with van der Waals surface area (Å²) in [6.45, 7) is 6.65. The molecule has 11 nitrogen and oxygen atoms in total. The van der Waals surface area contributed by atoms with Crippen LogP contribution in [0.15, 0.2) is 23.3 Å². The summed E-state index contributed by atoms with van der Waals surface area (Å²) in [4.78, 5) is 29.5. The van der Waals surface area contributed by atoms with Crippen LogP contribution in [-0.2, 0) is 9.47 Å². The molecule has 1 atom stereocenters. The lowest BCUT2D eigenvalue weighted by molar-refractivity contribution is 0.0529. The summed E-state index contributed by atoms with van der Waals surface area (Å²) in [5, 5.41) is 6.03. The Morgan fingerprint density at radius 2 is 2.23 bits per heavy atom. The number of hydrogen-bond donors (Lipinski definition) is 2. The Labute approximate surface area is 179 Å². The molecule has 1 aromatic rings. The van der Waals surface area contributed by atoms with E-state index in [1.807, 2.05) is 0 Å². The topological polar surface area (TPSA) is 146 Å². The summed E-state index contributed by atoms with van der Waals surface area (Å²) < 4.78 is 25.2. The average molecular weight is 437 g/mol. The van der Waals surface area contributed by atoms with Crippen LogP contribution in [-0.4, -0.2) is 63.2 Å². The van der Waals surface area contributed by atoms with Crippen molar-refractivity contribution in [3.05, 3.63) is 34.5 Å². The first kappa shape index (κ1) is 24.0. The second kappa shape index (κ2) is 10.7. The lowest BCUT2D eigenvalue weighted by atomic mass is 10.2. The number of nitrogens with two attached hydrogens (primary N) is 1. The van der Waals surface area contributed by atoms with Crippen molar-refractivity contribution in [1.29, 1.82) is 0 Å². The van der Waals surface area contributed by atoms with Crippen LogP contribution in [0, 0.1) is 5.82 Å². The summed E-state index contributed by atoms with van der Waals surface area (Å²) in [7, 11) is 0. The molecule has 0 aromatic heterocycles. The molecule has 0 bridgehead atoms. The van der Waals surface area contributed by atoms with E-state index < -0.39 is 29.7 Å². The predicted molar refractivity (Wildman–Crippen MR) is 114 cm³/mol. The third-order valence-electron chi connectivity index (χ3n) is 4.26. The molecule has 2 amide bonds. The lowest BCUT2D eigenvalue weighted by Crippen LogP contribution is -2.40. The Morgan fingerprint density at radius 1 is 1.48 bits per heavy atom. The molecular formula is C19H28FN7O4. The molecule has 1 heterocycles. The van der Waals surface area contributed by atoms with Gasteiger partial charge in [-0.3, -0.25) is 4.90 Å². The number of azide groups is 1. The zero-order valence-electron chi connectivity index (χ0n) is 17.9. The Balaban J connectivity index is 2.04. The number of benzene rings is 1. The minimum absolute atomic E-state index is 0.00817. The van der Waals surface area contributed by atoms with Gasteiger partial charge in [0.2, 0.25) is 0 Å². The number of ether oxygens (including phenoxy) is 2. The van der Waals surface area contributed by atoms with Gasteiger partial charge in [0.05, 0.1) is 24.5 Å². The van der Waals surface area contributed by atoms with Crippen LogP contribution >= 0.6 is 0 Å². The molecule has 0 aliphatic carbocycles. The van der Waals surface area contributed by atoms with Crippen molar-refractivity contribution >= 4 is 23.6 Å². The van der Waals surface area contributed by atoms with Crippen molar-refractivity contribution < 1.29 is 23.5 Å². The Morgan fingerprint density at radius 3 is 2.84 bits per heavy atom. The van der Waals surface area contributed by atoms with Crippen molar-refractivity contribution in [1.82, 2.24) is 5.32 Å². The van der Waals surface area contributed by atoms with E-state index >= 15 is 0 Å². The fraction of sp³-hybridized carbons (Fsp3) is 0.579. The van der Waals surface area contributed by atoms with Crippen molar-refractivity contribution in [3.63, 3.8) is 0 Å². The largest absolute Gasteiger partial charge is 0.444 e. The van der Waals surface area contributed by atoms with Crippen LogP contribution in [0.25, 0.3) is 10.4 Å². The predicted octanol–water partition coefficient (Wildman–Crippen LogP) is 2.75. The molecule has 2 rings (SSSR count). The van der Waals surface area contributed by atoms with Gasteiger partial charge in [-0.2, -0.15) is 0 Å². The zero-order chi connectivity index (χ0) is 23.0. The third kappa shape index (κ3) is 7.19. The molecule has 12 heteroatoms. The molecular weight excluding hydrogens is 409 g/mol. The first-order valence-electron chi connectivity index (χ1n) is 9.85. The van der Waals surface area contributed by atoms with E-state index in [4.69, 9.17) is 20.7 Å². The molecule has 170 valence electrons. The average Bonchev–Trinajstić information content (AvgIpc) is 3.05. The standard InChI is InChI=1S/C19H28FN7O4/c1-19(2,3)31-17(28)23-7-9-26(8-6-21)16-5-4-13(10-15(16)20)27-12-14(11-24-25-22)30-18(27)29/h4-5,10,14H,6-9,11-12,21H2,1-3H3,(H,23,28)/t14-/m0/s1. The highest BCUT2D eigenvalue weighted by molar-refractivity contribution is 5.90. The second-order valence-corrected chi connectivity index (χ2v) is 7.87. The maximum absolute atomic E-state index is 14.9. The third-order valence-corrected chi connectivity index (χ3v) is 4.26. The van der Waals surface area contributed by atoms with Crippen LogP contribution in [0.5, 0.6) is 0 Å². The van der Waals surface area contributed by atoms with E-state index in [-0.39, 0.29) is 26.2 Å². The van der Waals surface area contributed by atoms with Crippen molar-refractivity contribution in [2.75, 3.05) is 49.1 Å². The summed E-state index contributed by atoms with van der Waals surface area (Å²) >= 11 is 0. The van der Waals surface area contributed by atoms with Crippen LogP contribution in [0.1, 0.15) is 20.8 Å². The van der Waals surface area contributed by atoms with E-state index in [9.17, 15) is 14.0 Å². The number of nitrogens with zero attached hydrogens (tertiary/aromatic N) is 5. The quantitative estimate of drug-likeness (QED) is 0.345. The highest BCUT2D eigenvalue weighted by Crippen LogP contribution is 2.28. The van der Waals surface area contributed by atoms with Gasteiger partial charge in [0.1, 0.15) is 17.5 Å². The molecule has 1 aliphatic rings. The Bertz CT molecular complexity index is 839. The molecule has 1 fully saturated rings. The number of anilines is 2. The summed E-state index contributed by atoms with van der Waals surface area (Å²) in [5.41, 5.74) is 14.1. The van der Waals surface area contributed by atoms with Gasteiger partial charge in [-0.25, -0.2) is 14.0 Å². The van der Waals surface area contributed by atoms with Gasteiger partial charge < -0.3 is 25.4 Å². The minimum Gasteiger partial charge on any atom is -0.444 e. The second-order valence-electron chi connectivity index (χ2n) is 7.87. The number of carbonyl (C=O) groups is 2. The number of nitrogens with one attached hydrogen (secondary N) is 1. The highest BCUT2D eigenvalue weighted by Gasteiger charge is 2.32. The van der Waals surface area contributed by atoms with E-state index in [1.165, 1.54) is 11.0 Å². The van der Waals surface area contributed by atoms with E-state index in [0.717, 1.165) is 0 Å². The SMILES string of the molecule is CC(C)(C)OC(=O)NCCN(CCN)c1ccc(N2C[C@H](CN=[N+]=[N-])OC2=O)cc1F. The van der Waals surface area contributed by atoms with Crippen LogP contribution < -0.4 is 20.9 Å². The molecule has 1 aliphatic heterocycles. The Hall–Kier alpha value is -3.24. The molecule has 0 radical (unpaired) electrons. The van der Waals surface area contributed by atoms with Gasteiger partial charge in [0.15, 0.2) is 0 Å². The van der Waals surface area contributed by atoms with Gasteiger partial charge in [-0.15, -0.1) is 0 Å². The van der Waals surface area contributed by atoms with Gasteiger partial charge in [-0.05, 0) is 44.5 Å². The number of carbonyl (C=O) groups excluding carboxylic acids is 2. The highest BCUT2D eigenvalue weighted by atomic mass is 19.1. The molecule has 31 heavy (non-hydrogen) atoms. The monoisotopic (exact) mass is 437 g/mol. The zero-order valence-corrected chi connectivity index (χ0v) is 17.9. The van der Waals surface area contributed by atoms with Gasteiger partial charge >= 0.3 is 12.2 Å². The fourth-order valence-electron chi connectivity index (χ4n) is 2.99. The normalized spacial score (nSPS) is 15.8. The van der Waals surface area contributed by atoms with Gasteiger partial charge in [0, 0.05) is 31.1 Å². The molecule has 1 aromatic carbocycles. The summed E-state index contributed by atoms with van der Waals surface area (Å²) in [6.07, 6.45) is -1.77. The number of halogens is 1. The lowest BCUT2D eigenvalue weighted by Gasteiger charge is -2.26. The van der Waals surface area contributed by atoms with Crippen molar-refractivity contribution in [2.45, 2.75) is 32.5 Å². The van der Waals surface area contributed by atoms with E-state index in [0.29, 0.717) is 24.5 Å². The van der Waals surface area contributed by atoms with Crippen LogP contribution in [0.3, 0.4) is 0 Å². The van der Waals surface area contributed by atoms with Crippen molar-refractivity contribution in [3.8, 4) is 0 Å². The van der Waals surface area contributed by atoms with Crippen LogP contribution in [0.4, 0.5) is 25.4 Å². The first-order valence-corrected chi connectivity index (χ1v) is 9.85. The fourth-order valence-corrected chi connectivity index (χ4v) is 2.99. The van der Waals surface area contributed by atoms with Crippen molar-refractivity contribution in [2.24, 2.45) is 10.8 Å².